The molecule has 0 unspecified atom stereocenters. The number of ether oxygens (including phenoxy) is 2. The molecule has 0 saturated heterocycles. The summed E-state index contributed by atoms with van der Waals surface area (Å²) in [5.41, 5.74) is 5.90. The first kappa shape index (κ1) is 21.1. The number of benzene rings is 2. The smallest absolute Gasteiger partial charge is 0.124 e. The highest BCUT2D eigenvalue weighted by Gasteiger charge is 2.26. The number of anilines is 2. The van der Waals surface area contributed by atoms with E-state index in [1.807, 2.05) is 25.5 Å². The van der Waals surface area contributed by atoms with Gasteiger partial charge in [0.25, 0.3) is 0 Å². The van der Waals surface area contributed by atoms with Crippen LogP contribution in [0.3, 0.4) is 0 Å². The average molecular weight is 540 g/mol. The van der Waals surface area contributed by atoms with E-state index in [9.17, 15) is 0 Å². The molecule has 0 bridgehead atoms. The quantitative estimate of drug-likeness (QED) is 0.277. The van der Waals surface area contributed by atoms with Crippen LogP contribution in [-0.4, -0.2) is 35.3 Å². The number of methoxy groups -OCH3 is 2. The Balaban J connectivity index is 1.59. The number of rotatable bonds is 7. The third kappa shape index (κ3) is 4.13. The van der Waals surface area contributed by atoms with Crippen molar-refractivity contribution in [3.63, 3.8) is 0 Å². The predicted octanol–water partition coefficient (Wildman–Crippen LogP) is 5.81. The van der Waals surface area contributed by atoms with E-state index < -0.39 is 0 Å². The Morgan fingerprint density at radius 2 is 1.75 bits per heavy atom. The maximum absolute atomic E-state index is 5.52. The number of aryl methyl sites for hydroxylation is 1. The summed E-state index contributed by atoms with van der Waals surface area (Å²) < 4.78 is 14.3. The van der Waals surface area contributed by atoms with Gasteiger partial charge >= 0.3 is 0 Å². The first-order valence-corrected chi connectivity index (χ1v) is 11.7. The Kier molecular flexibility index (Phi) is 5.67. The molecule has 0 atom stereocenters. The highest BCUT2D eigenvalue weighted by atomic mass is 127. The fourth-order valence-electron chi connectivity index (χ4n) is 3.87. The molecule has 7 heteroatoms. The highest BCUT2D eigenvalue weighted by molar-refractivity contribution is 14.1. The molecule has 1 aliphatic carbocycles. The zero-order chi connectivity index (χ0) is 22.2. The topological polar surface area (TPSA) is 52.4 Å². The lowest BCUT2D eigenvalue weighted by Crippen LogP contribution is -2.20. The van der Waals surface area contributed by atoms with Crippen molar-refractivity contribution >= 4 is 45.0 Å². The van der Waals surface area contributed by atoms with E-state index in [2.05, 4.69) is 73.4 Å². The lowest BCUT2D eigenvalue weighted by Gasteiger charge is -2.26. The van der Waals surface area contributed by atoms with E-state index in [0.29, 0.717) is 5.92 Å². The molecule has 0 amide bonds. The molecule has 4 aromatic rings. The molecule has 0 N–H and O–H groups in total. The number of hydrogen-bond acceptors (Lipinski definition) is 5. The summed E-state index contributed by atoms with van der Waals surface area (Å²) >= 11 is 2.35. The monoisotopic (exact) mass is 540 g/mol. The number of hydrogen-bond donors (Lipinski definition) is 0. The van der Waals surface area contributed by atoms with Crippen LogP contribution in [0.4, 0.5) is 11.4 Å². The van der Waals surface area contributed by atoms with Crippen molar-refractivity contribution in [1.82, 2.24) is 14.5 Å². The van der Waals surface area contributed by atoms with Crippen LogP contribution in [0.5, 0.6) is 11.5 Å². The van der Waals surface area contributed by atoms with Crippen LogP contribution in [0.2, 0.25) is 0 Å². The van der Waals surface area contributed by atoms with Gasteiger partial charge in [-0.15, -0.1) is 0 Å². The van der Waals surface area contributed by atoms with Gasteiger partial charge in [0.1, 0.15) is 11.5 Å². The maximum Gasteiger partial charge on any atom is 0.124 e. The number of aromatic nitrogens is 3. The fourth-order valence-corrected chi connectivity index (χ4v) is 4.48. The van der Waals surface area contributed by atoms with Crippen molar-refractivity contribution in [2.75, 3.05) is 25.7 Å². The summed E-state index contributed by atoms with van der Waals surface area (Å²) in [7, 11) is 5.40. The lowest BCUT2D eigenvalue weighted by molar-refractivity contribution is 0.394. The summed E-state index contributed by atoms with van der Waals surface area (Å²) in [6.07, 6.45) is 6.44. The third-order valence-corrected chi connectivity index (χ3v) is 7.24. The molecule has 0 spiro atoms. The second-order valence-electron chi connectivity index (χ2n) is 8.18. The van der Waals surface area contributed by atoms with Gasteiger partial charge in [-0.05, 0) is 65.6 Å². The molecule has 32 heavy (non-hydrogen) atoms. The molecule has 2 aromatic carbocycles. The molecule has 1 fully saturated rings. The van der Waals surface area contributed by atoms with Crippen molar-refractivity contribution < 1.29 is 9.47 Å². The summed E-state index contributed by atoms with van der Waals surface area (Å²) in [6, 6.07) is 14.4. The second-order valence-corrected chi connectivity index (χ2v) is 9.21. The number of halogens is 1. The van der Waals surface area contributed by atoms with Crippen molar-refractivity contribution in [2.45, 2.75) is 12.8 Å². The Labute approximate surface area is 201 Å². The summed E-state index contributed by atoms with van der Waals surface area (Å²) in [5, 5.41) is 0. The zero-order valence-electron chi connectivity index (χ0n) is 18.4. The van der Waals surface area contributed by atoms with Crippen LogP contribution >= 0.6 is 22.6 Å². The Morgan fingerprint density at radius 1 is 1.00 bits per heavy atom. The summed E-state index contributed by atoms with van der Waals surface area (Å²) in [5.74, 6) is 2.26. The predicted molar refractivity (Wildman–Crippen MR) is 136 cm³/mol. The molecule has 5 rings (SSSR count). The average Bonchev–Trinajstić information content (AvgIpc) is 3.59. The largest absolute Gasteiger partial charge is 0.497 e. The molecule has 1 saturated carbocycles. The Hall–Kier alpha value is -2.81. The van der Waals surface area contributed by atoms with Gasteiger partial charge in [0.05, 0.1) is 40.8 Å². The molecule has 1 aliphatic rings. The molecular weight excluding hydrogens is 515 g/mol. The van der Waals surface area contributed by atoms with Crippen molar-refractivity contribution in [3.05, 3.63) is 58.6 Å². The zero-order valence-corrected chi connectivity index (χ0v) is 20.5. The van der Waals surface area contributed by atoms with Crippen LogP contribution in [0.15, 0.2) is 54.9 Å². The van der Waals surface area contributed by atoms with E-state index in [-0.39, 0.29) is 0 Å². The standard InChI is InChI=1S/C25H25IN4O2/c1-29-9-8-21(25(29)26)24-14-27-22-7-6-17(12-23(22)28-24)30(15-16-4-5-16)18-10-19(31-2)13-20(11-18)32-3/h6-14,16H,4-5,15H2,1-3H3. The highest BCUT2D eigenvalue weighted by Crippen LogP contribution is 2.38. The van der Waals surface area contributed by atoms with E-state index in [4.69, 9.17) is 14.5 Å². The molecule has 0 aliphatic heterocycles. The molecule has 6 nitrogen and oxygen atoms in total. The SMILES string of the molecule is COc1cc(OC)cc(N(CC2CC2)c2ccc3ncc(-c4ccn(C)c4I)nc3c2)c1. The van der Waals surface area contributed by atoms with Gasteiger partial charge in [0, 0.05) is 54.9 Å². The van der Waals surface area contributed by atoms with Crippen LogP contribution in [0.1, 0.15) is 12.8 Å². The van der Waals surface area contributed by atoms with E-state index in [1.54, 1.807) is 14.2 Å². The van der Waals surface area contributed by atoms with Crippen LogP contribution in [0, 0.1) is 9.62 Å². The first-order chi connectivity index (χ1) is 15.6. The van der Waals surface area contributed by atoms with Gasteiger partial charge in [-0.1, -0.05) is 0 Å². The van der Waals surface area contributed by atoms with Gasteiger partial charge in [0.15, 0.2) is 0 Å². The van der Waals surface area contributed by atoms with E-state index in [1.165, 1.54) is 12.8 Å². The summed E-state index contributed by atoms with van der Waals surface area (Å²) in [4.78, 5) is 12.0. The minimum atomic E-state index is 0.700. The summed E-state index contributed by atoms with van der Waals surface area (Å²) in [6.45, 7) is 0.950. The minimum absolute atomic E-state index is 0.700. The number of nitrogens with zero attached hydrogens (tertiary/aromatic N) is 4. The van der Waals surface area contributed by atoms with E-state index in [0.717, 1.165) is 55.4 Å². The second kappa shape index (κ2) is 8.61. The lowest BCUT2D eigenvalue weighted by atomic mass is 10.1. The third-order valence-electron chi connectivity index (χ3n) is 5.90. The van der Waals surface area contributed by atoms with Crippen molar-refractivity contribution in [2.24, 2.45) is 13.0 Å². The number of fused-ring (bicyclic) bond motifs is 1. The van der Waals surface area contributed by atoms with Gasteiger partial charge in [-0.3, -0.25) is 4.98 Å². The maximum atomic E-state index is 5.52. The van der Waals surface area contributed by atoms with E-state index >= 15 is 0 Å². The van der Waals surface area contributed by atoms with Gasteiger partial charge in [0.2, 0.25) is 0 Å². The van der Waals surface area contributed by atoms with Crippen LogP contribution in [-0.2, 0) is 7.05 Å². The van der Waals surface area contributed by atoms with Crippen LogP contribution < -0.4 is 14.4 Å². The van der Waals surface area contributed by atoms with Crippen LogP contribution in [0.25, 0.3) is 22.3 Å². The van der Waals surface area contributed by atoms with Crippen molar-refractivity contribution in [3.8, 4) is 22.8 Å². The minimum Gasteiger partial charge on any atom is -0.497 e. The van der Waals surface area contributed by atoms with Gasteiger partial charge in [-0.25, -0.2) is 4.98 Å². The Bertz CT molecular complexity index is 1260. The fraction of sp³-hybridized carbons (Fsp3) is 0.280. The molecular formula is C25H25IN4O2. The van der Waals surface area contributed by atoms with Crippen molar-refractivity contribution in [1.29, 1.82) is 0 Å². The van der Waals surface area contributed by atoms with Gasteiger partial charge in [-0.2, -0.15) is 0 Å². The normalized spacial score (nSPS) is 13.4. The molecule has 2 aromatic heterocycles. The van der Waals surface area contributed by atoms with Gasteiger partial charge < -0.3 is 18.9 Å². The first-order valence-electron chi connectivity index (χ1n) is 10.6. The molecule has 2 heterocycles. The Morgan fingerprint density at radius 3 is 2.38 bits per heavy atom. The molecule has 0 radical (unpaired) electrons. The molecule has 164 valence electrons.